The second-order valence-electron chi connectivity index (χ2n) is 5.40. The maximum atomic E-state index is 13.2. The van der Waals surface area contributed by atoms with Gasteiger partial charge >= 0.3 is 5.97 Å². The number of methoxy groups -OCH3 is 1. The third kappa shape index (κ3) is 2.65. The maximum absolute atomic E-state index is 13.2. The Balaban J connectivity index is 2.23. The average molecular weight is 354 g/mol. The van der Waals surface area contributed by atoms with Crippen molar-refractivity contribution in [3.8, 4) is 0 Å². The number of hydrogen-bond donors (Lipinski definition) is 1. The number of hydrogen-bond acceptors (Lipinski definition) is 6. The molecular weight excluding hydrogens is 336 g/mol. The van der Waals surface area contributed by atoms with Crippen molar-refractivity contribution in [1.29, 1.82) is 0 Å². The molecule has 3 rings (SSSR count). The van der Waals surface area contributed by atoms with Crippen LogP contribution >= 0.6 is 11.3 Å². The molecule has 124 valence electrons. The number of nitrogens with zero attached hydrogens (tertiary/aromatic N) is 1. The van der Waals surface area contributed by atoms with Crippen molar-refractivity contribution in [3.05, 3.63) is 29.1 Å². The van der Waals surface area contributed by atoms with Gasteiger partial charge in [0.15, 0.2) is 0 Å². The summed E-state index contributed by atoms with van der Waals surface area (Å²) in [5.41, 5.74) is 5.72. The van der Waals surface area contributed by atoms with Crippen LogP contribution in [0.25, 0.3) is 10.1 Å². The lowest BCUT2D eigenvalue weighted by molar-refractivity contribution is 0.0602. The van der Waals surface area contributed by atoms with E-state index >= 15 is 0 Å². The topological polar surface area (TPSA) is 89.7 Å². The summed E-state index contributed by atoms with van der Waals surface area (Å²) in [7, 11) is -2.55. The van der Waals surface area contributed by atoms with Crippen LogP contribution in [-0.2, 0) is 14.8 Å². The monoisotopic (exact) mass is 354 g/mol. The van der Waals surface area contributed by atoms with E-state index in [0.717, 1.165) is 28.9 Å². The van der Waals surface area contributed by atoms with Gasteiger partial charge in [0.05, 0.1) is 7.11 Å². The van der Waals surface area contributed by atoms with Crippen LogP contribution in [0, 0.1) is 0 Å². The molecule has 1 fully saturated rings. The van der Waals surface area contributed by atoms with E-state index in [0.29, 0.717) is 11.9 Å². The molecule has 2 aromatic rings. The van der Waals surface area contributed by atoms with Gasteiger partial charge in [-0.05, 0) is 18.9 Å². The quantitative estimate of drug-likeness (QED) is 0.846. The molecule has 1 saturated heterocycles. The van der Waals surface area contributed by atoms with Crippen molar-refractivity contribution >= 4 is 37.4 Å². The summed E-state index contributed by atoms with van der Waals surface area (Å²) in [6.45, 7) is 0.698. The molecule has 23 heavy (non-hydrogen) atoms. The number of thiophene rings is 1. The summed E-state index contributed by atoms with van der Waals surface area (Å²) in [5, 5.41) is 0.556. The molecular formula is C15H18N2O4S2. The van der Waals surface area contributed by atoms with Gasteiger partial charge in [0.1, 0.15) is 9.77 Å². The van der Waals surface area contributed by atoms with Gasteiger partial charge in [-0.25, -0.2) is 13.2 Å². The van der Waals surface area contributed by atoms with Crippen molar-refractivity contribution in [2.24, 2.45) is 5.73 Å². The zero-order chi connectivity index (χ0) is 16.6. The third-order valence-corrected chi connectivity index (χ3v) is 7.40. The van der Waals surface area contributed by atoms with Crippen LogP contribution in [0.5, 0.6) is 0 Å². The van der Waals surface area contributed by atoms with Crippen LogP contribution in [-0.4, -0.2) is 44.9 Å². The fraction of sp³-hybridized carbons (Fsp3) is 0.400. The normalized spacial score (nSPS) is 19.3. The van der Waals surface area contributed by atoms with Crippen molar-refractivity contribution in [2.45, 2.75) is 23.8 Å². The number of carbonyl (C=O) groups excluding carboxylic acids is 1. The molecule has 0 aliphatic carbocycles. The van der Waals surface area contributed by atoms with Gasteiger partial charge in [0, 0.05) is 29.2 Å². The van der Waals surface area contributed by atoms with Gasteiger partial charge in [-0.1, -0.05) is 18.2 Å². The zero-order valence-electron chi connectivity index (χ0n) is 12.7. The number of esters is 1. The minimum absolute atomic E-state index is 0.0466. The van der Waals surface area contributed by atoms with Crippen LogP contribution < -0.4 is 5.73 Å². The van der Waals surface area contributed by atoms with Crippen molar-refractivity contribution in [1.82, 2.24) is 4.31 Å². The lowest BCUT2D eigenvalue weighted by atomic mass is 10.2. The third-order valence-electron chi connectivity index (χ3n) is 4.08. The molecule has 6 nitrogen and oxygen atoms in total. The Morgan fingerprint density at radius 3 is 2.87 bits per heavy atom. The maximum Gasteiger partial charge on any atom is 0.349 e. The highest BCUT2D eigenvalue weighted by Gasteiger charge is 2.39. The molecule has 0 spiro atoms. The molecule has 0 bridgehead atoms. The average Bonchev–Trinajstić information content (AvgIpc) is 3.18. The first kappa shape index (κ1) is 16.4. The Morgan fingerprint density at radius 2 is 2.17 bits per heavy atom. The van der Waals surface area contributed by atoms with Gasteiger partial charge in [0.25, 0.3) is 0 Å². The molecule has 1 atom stereocenters. The van der Waals surface area contributed by atoms with E-state index in [1.807, 2.05) is 6.07 Å². The molecule has 1 aromatic heterocycles. The zero-order valence-corrected chi connectivity index (χ0v) is 14.3. The minimum Gasteiger partial charge on any atom is -0.465 e. The van der Waals surface area contributed by atoms with Crippen molar-refractivity contribution in [2.75, 3.05) is 20.2 Å². The van der Waals surface area contributed by atoms with Crippen molar-refractivity contribution < 1.29 is 17.9 Å². The Bertz CT molecular complexity index is 844. The molecule has 0 amide bonds. The second-order valence-corrected chi connectivity index (χ2v) is 8.28. The molecule has 1 aromatic carbocycles. The summed E-state index contributed by atoms with van der Waals surface area (Å²) in [6.07, 6.45) is 1.52. The molecule has 1 unspecified atom stereocenters. The largest absolute Gasteiger partial charge is 0.465 e. The number of carbonyl (C=O) groups is 1. The first-order valence-corrected chi connectivity index (χ1v) is 9.58. The van der Waals surface area contributed by atoms with Crippen LogP contribution in [0.3, 0.4) is 0 Å². The van der Waals surface area contributed by atoms with Gasteiger partial charge < -0.3 is 10.5 Å². The van der Waals surface area contributed by atoms with Crippen LogP contribution in [0.15, 0.2) is 29.2 Å². The Labute approximate surface area is 138 Å². The van der Waals surface area contributed by atoms with Gasteiger partial charge in [-0.3, -0.25) is 0 Å². The first-order chi connectivity index (χ1) is 11.0. The van der Waals surface area contributed by atoms with Gasteiger partial charge in [-0.15, -0.1) is 11.3 Å². The number of benzene rings is 1. The summed E-state index contributed by atoms with van der Waals surface area (Å²) in [5.74, 6) is -0.631. The second kappa shape index (κ2) is 6.20. The van der Waals surface area contributed by atoms with E-state index in [-0.39, 0.29) is 22.4 Å². The predicted molar refractivity (Wildman–Crippen MR) is 89.1 cm³/mol. The van der Waals surface area contributed by atoms with Gasteiger partial charge in [-0.2, -0.15) is 4.31 Å². The van der Waals surface area contributed by atoms with Crippen LogP contribution in [0.2, 0.25) is 0 Å². The SMILES string of the molecule is COC(=O)c1sc2ccccc2c1S(=O)(=O)N1CCCC1CN. The Kier molecular flexibility index (Phi) is 4.41. The Hall–Kier alpha value is -1.48. The van der Waals surface area contributed by atoms with Crippen LogP contribution in [0.4, 0.5) is 0 Å². The highest BCUT2D eigenvalue weighted by Crippen LogP contribution is 2.38. The Morgan fingerprint density at radius 1 is 1.43 bits per heavy atom. The lowest BCUT2D eigenvalue weighted by Gasteiger charge is -2.23. The highest BCUT2D eigenvalue weighted by atomic mass is 32.2. The fourth-order valence-electron chi connectivity index (χ4n) is 2.98. The van der Waals surface area contributed by atoms with E-state index in [2.05, 4.69) is 0 Å². The first-order valence-electron chi connectivity index (χ1n) is 7.32. The molecule has 0 saturated carbocycles. The molecule has 2 heterocycles. The van der Waals surface area contributed by atoms with Crippen molar-refractivity contribution in [3.63, 3.8) is 0 Å². The molecule has 1 aliphatic heterocycles. The molecule has 0 radical (unpaired) electrons. The standard InChI is InChI=1S/C15H18N2O4S2/c1-21-15(18)13-14(11-6-2-3-7-12(11)22-13)23(19,20)17-8-4-5-10(17)9-16/h2-3,6-7,10H,4-5,8-9,16H2,1H3. The summed E-state index contributed by atoms with van der Waals surface area (Å²) < 4.78 is 33.3. The number of rotatable bonds is 4. The highest BCUT2D eigenvalue weighted by molar-refractivity contribution is 7.89. The fourth-order valence-corrected chi connectivity index (χ4v) is 6.47. The van der Waals surface area contributed by atoms with E-state index in [1.165, 1.54) is 11.4 Å². The summed E-state index contributed by atoms with van der Waals surface area (Å²) in [6, 6.07) is 6.88. The summed E-state index contributed by atoms with van der Waals surface area (Å²) >= 11 is 1.14. The number of fused-ring (bicyclic) bond motifs is 1. The van der Waals surface area contributed by atoms with Gasteiger partial charge in [0.2, 0.25) is 10.0 Å². The lowest BCUT2D eigenvalue weighted by Crippen LogP contribution is -2.40. The van der Waals surface area contributed by atoms with E-state index in [1.54, 1.807) is 18.2 Å². The molecule has 1 aliphatic rings. The minimum atomic E-state index is -3.81. The van der Waals surface area contributed by atoms with E-state index in [9.17, 15) is 13.2 Å². The van der Waals surface area contributed by atoms with Crippen LogP contribution in [0.1, 0.15) is 22.5 Å². The smallest absolute Gasteiger partial charge is 0.349 e. The number of nitrogens with two attached hydrogens (primary N) is 1. The number of sulfonamides is 1. The van der Waals surface area contributed by atoms with E-state index in [4.69, 9.17) is 10.5 Å². The molecule has 2 N–H and O–H groups in total. The predicted octanol–water partition coefficient (Wildman–Crippen LogP) is 1.80. The molecule has 8 heteroatoms. The van der Waals surface area contributed by atoms with E-state index < -0.39 is 16.0 Å². The number of ether oxygens (including phenoxy) is 1. The summed E-state index contributed by atoms with van der Waals surface area (Å²) in [4.78, 5) is 12.3.